The molecular weight excluding hydrogens is 893 g/mol. The molecule has 24 nitrogen and oxygen atoms in total. The Morgan fingerprint density at radius 1 is 0.515 bits per heavy atom. The van der Waals surface area contributed by atoms with Crippen molar-refractivity contribution >= 4 is 59.1 Å². The van der Waals surface area contributed by atoms with Crippen LogP contribution in [0.25, 0.3) is 0 Å². The van der Waals surface area contributed by atoms with Crippen LogP contribution in [0, 0.1) is 17.8 Å². The fourth-order valence-electron chi connectivity index (χ4n) is 7.91. The summed E-state index contributed by atoms with van der Waals surface area (Å²) in [7, 11) is 0. The van der Waals surface area contributed by atoms with Crippen molar-refractivity contribution in [2.45, 2.75) is 174 Å². The zero-order valence-electron chi connectivity index (χ0n) is 40.7. The van der Waals surface area contributed by atoms with E-state index in [0.717, 1.165) is 4.90 Å². The van der Waals surface area contributed by atoms with Crippen LogP contribution in [0.3, 0.4) is 0 Å². The van der Waals surface area contributed by atoms with Crippen LogP contribution in [0.15, 0.2) is 0 Å². The maximum absolute atomic E-state index is 14.0. The summed E-state index contributed by atoms with van der Waals surface area (Å²) in [4.78, 5) is 134. The van der Waals surface area contributed by atoms with Gasteiger partial charge in [0.15, 0.2) is 0 Å². The Bertz CT molecular complexity index is 1800. The van der Waals surface area contributed by atoms with Gasteiger partial charge in [-0.15, -0.1) is 0 Å². The third-order valence-corrected chi connectivity index (χ3v) is 11.6. The second-order valence-corrected chi connectivity index (χ2v) is 19.0. The van der Waals surface area contributed by atoms with Crippen LogP contribution < -0.4 is 43.0 Å². The number of nitrogens with two attached hydrogens (primary N) is 1. The van der Waals surface area contributed by atoms with Crippen molar-refractivity contribution in [2.75, 3.05) is 26.3 Å². The Morgan fingerprint density at radius 3 is 1.34 bits per heavy atom. The Balaban J connectivity index is 2.18. The third-order valence-electron chi connectivity index (χ3n) is 11.6. The lowest BCUT2D eigenvalue weighted by molar-refractivity contribution is -0.144. The number of amides is 9. The minimum atomic E-state index is -1.57. The minimum absolute atomic E-state index is 0.0460. The van der Waals surface area contributed by atoms with Gasteiger partial charge in [0.1, 0.15) is 54.4 Å². The molecule has 0 aromatic rings. The van der Waals surface area contributed by atoms with Crippen LogP contribution in [0.5, 0.6) is 0 Å². The predicted molar refractivity (Wildman–Crippen MR) is 244 cm³/mol. The Hall–Kier alpha value is -5.46. The summed E-state index contributed by atoms with van der Waals surface area (Å²) < 4.78 is 0. The normalized spacial score (nSPS) is 19.9. The second kappa shape index (κ2) is 27.5. The van der Waals surface area contributed by atoms with Crippen molar-refractivity contribution in [3.63, 3.8) is 0 Å². The number of hydrogen-bond donors (Lipinski definition) is 12. The number of hydrogen-bond acceptors (Lipinski definition) is 14. The average Bonchev–Trinajstić information content (AvgIpc) is 3.96. The number of likely N-dealkylation sites (tertiary alicyclic amines) is 2. The van der Waals surface area contributed by atoms with Gasteiger partial charge in [-0.1, -0.05) is 41.5 Å². The van der Waals surface area contributed by atoms with Crippen molar-refractivity contribution in [3.8, 4) is 0 Å². The van der Waals surface area contributed by atoms with Crippen molar-refractivity contribution in [1.82, 2.24) is 47.0 Å². The number of aliphatic carboxylic acids is 1. The molecule has 0 spiro atoms. The summed E-state index contributed by atoms with van der Waals surface area (Å²) in [6, 6.07) is -12.7. The van der Waals surface area contributed by atoms with Crippen LogP contribution in [-0.4, -0.2) is 182 Å². The summed E-state index contributed by atoms with van der Waals surface area (Å²) >= 11 is 0. The molecule has 9 amide bonds. The van der Waals surface area contributed by atoms with E-state index >= 15 is 0 Å². The number of nitrogens with one attached hydrogen (secondary N) is 7. The molecular formula is C44H76N10O14. The molecule has 2 rings (SSSR count). The molecule has 2 heterocycles. The first-order chi connectivity index (χ1) is 31.7. The summed E-state index contributed by atoms with van der Waals surface area (Å²) in [6.45, 7) is 13.2. The van der Waals surface area contributed by atoms with Gasteiger partial charge in [0, 0.05) is 13.1 Å². The van der Waals surface area contributed by atoms with Crippen LogP contribution in [0.2, 0.25) is 0 Å². The number of carbonyl (C=O) groups is 10. The molecule has 68 heavy (non-hydrogen) atoms. The van der Waals surface area contributed by atoms with Crippen LogP contribution in [0.4, 0.5) is 0 Å². The maximum Gasteiger partial charge on any atom is 0.325 e. The van der Waals surface area contributed by atoms with Crippen LogP contribution in [-0.2, 0) is 47.9 Å². The molecule has 386 valence electrons. The summed E-state index contributed by atoms with van der Waals surface area (Å²) in [5, 5.41) is 56.9. The van der Waals surface area contributed by atoms with Crippen molar-refractivity contribution < 1.29 is 68.4 Å². The highest BCUT2D eigenvalue weighted by Gasteiger charge is 2.42. The van der Waals surface area contributed by atoms with Crippen molar-refractivity contribution in [2.24, 2.45) is 23.5 Å². The molecule has 0 radical (unpaired) electrons. The molecule has 24 heteroatoms. The summed E-state index contributed by atoms with van der Waals surface area (Å²) in [6.07, 6.45) is 0.234. The fourth-order valence-corrected chi connectivity index (χ4v) is 7.91. The number of carbonyl (C=O) groups excluding carboxylic acids is 9. The van der Waals surface area contributed by atoms with Gasteiger partial charge in [0.05, 0.1) is 25.4 Å². The van der Waals surface area contributed by atoms with Gasteiger partial charge in [-0.3, -0.25) is 47.9 Å². The molecule has 2 aliphatic heterocycles. The first kappa shape index (κ1) is 58.7. The zero-order valence-corrected chi connectivity index (χ0v) is 40.7. The molecule has 11 atom stereocenters. The third kappa shape index (κ3) is 17.6. The number of rotatable bonds is 26. The first-order valence-corrected chi connectivity index (χ1v) is 23.4. The molecule has 0 saturated carbocycles. The smallest absolute Gasteiger partial charge is 0.325 e. The molecule has 0 bridgehead atoms. The molecule has 2 fully saturated rings. The fraction of sp³-hybridized carbons (Fsp3) is 0.773. The number of nitrogens with zero attached hydrogens (tertiary/aromatic N) is 2. The lowest BCUT2D eigenvalue weighted by atomic mass is 9.99. The standard InChI is InChI=1S/C44H76N10O14/c1-21(2)16-27(45)36(59)50-30(19-55)42(65)54-15-11-13-33(54)40(63)49-29(18-23(5)6)37(60)48-28(17-22(3)4)38(61)51-31(20-56)43(66)53-14-10-12-32(53)39(62)46-24(7)35(58)52-34(26(9)57)41(64)47-25(8)44(67)68/h21-34,55-57H,10-20,45H2,1-9H3,(H,46,62)(H,47,64)(H,48,60)(H,49,63)(H,50,59)(H,51,61)(H,52,58)(H,67,68)/t24-,25-,26+,27-,28-,29-,30-,31-,32-,33-,34-/m0/s1. The molecule has 2 saturated heterocycles. The lowest BCUT2D eigenvalue weighted by Crippen LogP contribution is -2.61. The Morgan fingerprint density at radius 2 is 0.926 bits per heavy atom. The van der Waals surface area contributed by atoms with Gasteiger partial charge in [-0.2, -0.15) is 0 Å². The minimum Gasteiger partial charge on any atom is -0.480 e. The molecule has 13 N–H and O–H groups in total. The van der Waals surface area contributed by atoms with Gasteiger partial charge in [-0.05, 0) is 83.5 Å². The molecule has 0 aromatic carbocycles. The molecule has 0 aromatic heterocycles. The number of carboxylic acid groups (broad SMARTS) is 1. The summed E-state index contributed by atoms with van der Waals surface area (Å²) in [5.74, 6) is -8.62. The molecule has 0 unspecified atom stereocenters. The summed E-state index contributed by atoms with van der Waals surface area (Å²) in [5.41, 5.74) is 5.97. The second-order valence-electron chi connectivity index (χ2n) is 19.0. The maximum atomic E-state index is 14.0. The van der Waals surface area contributed by atoms with Gasteiger partial charge in [0.25, 0.3) is 0 Å². The highest BCUT2D eigenvalue weighted by Crippen LogP contribution is 2.21. The topological polar surface area (TPSA) is 368 Å². The van der Waals surface area contributed by atoms with E-state index in [2.05, 4.69) is 37.2 Å². The van der Waals surface area contributed by atoms with E-state index in [4.69, 9.17) is 10.8 Å². The van der Waals surface area contributed by atoms with E-state index in [1.54, 1.807) is 13.8 Å². The quantitative estimate of drug-likeness (QED) is 0.0397. The largest absolute Gasteiger partial charge is 0.480 e. The number of aliphatic hydroxyl groups excluding tert-OH is 3. The molecule has 0 aliphatic carbocycles. The van der Waals surface area contributed by atoms with E-state index in [-0.39, 0.29) is 56.5 Å². The van der Waals surface area contributed by atoms with Gasteiger partial charge in [0.2, 0.25) is 53.2 Å². The molecule has 2 aliphatic rings. The number of aliphatic hydroxyl groups is 3. The highest BCUT2D eigenvalue weighted by atomic mass is 16.4. The zero-order chi connectivity index (χ0) is 51.7. The van der Waals surface area contributed by atoms with Gasteiger partial charge >= 0.3 is 5.97 Å². The SMILES string of the molecule is CC(C)C[C@H](NC(=O)[C@H](CC(C)C)NC(=O)[C@@H]1CCCN1C(=O)[C@H](CO)NC(=O)[C@@H](N)CC(C)C)C(=O)N[C@@H](CO)C(=O)N1CCC[C@H]1C(=O)N[C@@H](C)C(=O)N[C@H](C(=O)N[C@@H](C)C(=O)O)[C@@H](C)O. The van der Waals surface area contributed by atoms with E-state index in [0.29, 0.717) is 19.3 Å². The van der Waals surface area contributed by atoms with E-state index in [1.807, 2.05) is 27.7 Å². The van der Waals surface area contributed by atoms with E-state index in [9.17, 15) is 63.3 Å². The predicted octanol–water partition coefficient (Wildman–Crippen LogP) is -3.68. The van der Waals surface area contributed by atoms with Gasteiger partial charge in [-0.25, -0.2) is 0 Å². The van der Waals surface area contributed by atoms with Crippen molar-refractivity contribution in [1.29, 1.82) is 0 Å². The Labute approximate surface area is 397 Å². The highest BCUT2D eigenvalue weighted by molar-refractivity contribution is 5.98. The Kier molecular flexibility index (Phi) is 23.7. The van der Waals surface area contributed by atoms with Crippen molar-refractivity contribution in [3.05, 3.63) is 0 Å². The van der Waals surface area contributed by atoms with Crippen LogP contribution >= 0.6 is 0 Å². The first-order valence-electron chi connectivity index (χ1n) is 23.4. The van der Waals surface area contributed by atoms with Crippen LogP contribution in [0.1, 0.15) is 107 Å². The van der Waals surface area contributed by atoms with E-state index < -0.39 is 139 Å². The van der Waals surface area contributed by atoms with E-state index in [1.165, 1.54) is 25.7 Å². The lowest BCUT2D eigenvalue weighted by Gasteiger charge is -2.31. The number of carboxylic acids is 1. The monoisotopic (exact) mass is 969 g/mol. The van der Waals surface area contributed by atoms with Gasteiger partial charge < -0.3 is 73.2 Å². The average molecular weight is 969 g/mol.